The first-order valence-corrected chi connectivity index (χ1v) is 8.16. The summed E-state index contributed by atoms with van der Waals surface area (Å²) in [5, 5.41) is 6.34. The van der Waals surface area contributed by atoms with E-state index in [0.29, 0.717) is 18.9 Å². The molecule has 0 aromatic heterocycles. The van der Waals surface area contributed by atoms with Crippen LogP contribution in [-0.2, 0) is 9.59 Å². The van der Waals surface area contributed by atoms with Crippen LogP contribution in [0.3, 0.4) is 0 Å². The third kappa shape index (κ3) is 4.69. The largest absolute Gasteiger partial charge is 0.326 e. The smallest absolute Gasteiger partial charge is 0.227 e. The molecule has 0 radical (unpaired) electrons. The molecule has 1 aromatic carbocycles. The maximum atomic E-state index is 12.0. The number of anilines is 2. The van der Waals surface area contributed by atoms with Gasteiger partial charge < -0.3 is 15.5 Å². The highest BCUT2D eigenvalue weighted by molar-refractivity contribution is 5.97. The highest BCUT2D eigenvalue weighted by atomic mass is 35.5. The Morgan fingerprint density at radius 3 is 2.91 bits per heavy atom. The molecule has 2 aliphatic heterocycles. The molecule has 23 heavy (non-hydrogen) atoms. The second-order valence-corrected chi connectivity index (χ2v) is 6.08. The van der Waals surface area contributed by atoms with Crippen molar-refractivity contribution in [1.82, 2.24) is 5.32 Å². The third-order valence-electron chi connectivity index (χ3n) is 4.40. The fraction of sp³-hybridized carbons (Fsp3) is 0.529. The van der Waals surface area contributed by atoms with Gasteiger partial charge in [-0.2, -0.15) is 0 Å². The first-order chi connectivity index (χ1) is 10.7. The number of carbonyl (C=O) groups excluding carboxylic acids is 2. The van der Waals surface area contributed by atoms with E-state index in [2.05, 4.69) is 10.6 Å². The number of amides is 2. The SMILES string of the molecule is Cl.O=C(CCC1CCCN1)Nc1cccc(N2CCCC2=O)c1. The van der Waals surface area contributed by atoms with Gasteiger partial charge in [-0.15, -0.1) is 12.4 Å². The van der Waals surface area contributed by atoms with E-state index in [1.54, 1.807) is 4.90 Å². The lowest BCUT2D eigenvalue weighted by Gasteiger charge is -2.17. The van der Waals surface area contributed by atoms with Gasteiger partial charge in [-0.3, -0.25) is 9.59 Å². The Hall–Kier alpha value is -1.59. The average molecular weight is 338 g/mol. The third-order valence-corrected chi connectivity index (χ3v) is 4.40. The minimum absolute atomic E-state index is 0. The summed E-state index contributed by atoms with van der Waals surface area (Å²) in [7, 11) is 0. The van der Waals surface area contributed by atoms with Crippen molar-refractivity contribution in [3.8, 4) is 0 Å². The fourth-order valence-electron chi connectivity index (χ4n) is 3.20. The molecule has 2 amide bonds. The summed E-state index contributed by atoms with van der Waals surface area (Å²) in [6.07, 6.45) is 5.31. The zero-order valence-electron chi connectivity index (χ0n) is 13.2. The summed E-state index contributed by atoms with van der Waals surface area (Å²) in [4.78, 5) is 25.6. The Bertz CT molecular complexity index is 559. The Morgan fingerprint density at radius 2 is 2.22 bits per heavy atom. The van der Waals surface area contributed by atoms with Gasteiger partial charge in [0.1, 0.15) is 0 Å². The normalized spacial score (nSPS) is 20.4. The highest BCUT2D eigenvalue weighted by Gasteiger charge is 2.22. The molecule has 0 saturated carbocycles. The number of halogens is 1. The summed E-state index contributed by atoms with van der Waals surface area (Å²) in [5.74, 6) is 0.203. The van der Waals surface area contributed by atoms with Crippen LogP contribution in [0.4, 0.5) is 11.4 Å². The van der Waals surface area contributed by atoms with E-state index in [0.717, 1.165) is 37.3 Å². The van der Waals surface area contributed by atoms with E-state index >= 15 is 0 Å². The summed E-state index contributed by atoms with van der Waals surface area (Å²) < 4.78 is 0. The highest BCUT2D eigenvalue weighted by Crippen LogP contribution is 2.24. The molecule has 0 spiro atoms. The van der Waals surface area contributed by atoms with Gasteiger partial charge >= 0.3 is 0 Å². The van der Waals surface area contributed by atoms with E-state index in [4.69, 9.17) is 0 Å². The summed E-state index contributed by atoms with van der Waals surface area (Å²) in [6.45, 7) is 1.84. The lowest BCUT2D eigenvalue weighted by molar-refractivity contribution is -0.117. The van der Waals surface area contributed by atoms with Gasteiger partial charge in [-0.1, -0.05) is 6.07 Å². The van der Waals surface area contributed by atoms with E-state index in [9.17, 15) is 9.59 Å². The predicted octanol–water partition coefficient (Wildman–Crippen LogP) is 2.71. The van der Waals surface area contributed by atoms with Crippen molar-refractivity contribution in [2.75, 3.05) is 23.3 Å². The average Bonchev–Trinajstić information content (AvgIpc) is 3.16. The summed E-state index contributed by atoms with van der Waals surface area (Å²) >= 11 is 0. The van der Waals surface area contributed by atoms with Crippen molar-refractivity contribution in [3.05, 3.63) is 24.3 Å². The van der Waals surface area contributed by atoms with Crippen LogP contribution in [0.15, 0.2) is 24.3 Å². The van der Waals surface area contributed by atoms with Crippen LogP contribution >= 0.6 is 12.4 Å². The number of rotatable bonds is 5. The number of hydrogen-bond acceptors (Lipinski definition) is 3. The predicted molar refractivity (Wildman–Crippen MR) is 94.2 cm³/mol. The molecule has 2 aliphatic rings. The zero-order chi connectivity index (χ0) is 15.4. The second kappa shape index (κ2) is 8.31. The van der Waals surface area contributed by atoms with E-state index < -0.39 is 0 Å². The van der Waals surface area contributed by atoms with Crippen molar-refractivity contribution in [3.63, 3.8) is 0 Å². The van der Waals surface area contributed by atoms with E-state index in [1.165, 1.54) is 12.8 Å². The maximum absolute atomic E-state index is 12.0. The number of carbonyl (C=O) groups is 2. The van der Waals surface area contributed by atoms with Gasteiger partial charge in [0.2, 0.25) is 11.8 Å². The molecule has 1 aromatic rings. The molecule has 1 unspecified atom stereocenters. The molecule has 2 N–H and O–H groups in total. The second-order valence-electron chi connectivity index (χ2n) is 6.08. The summed E-state index contributed by atoms with van der Waals surface area (Å²) in [6, 6.07) is 8.04. The van der Waals surface area contributed by atoms with Crippen LogP contribution in [0.1, 0.15) is 38.5 Å². The molecule has 2 fully saturated rings. The molecule has 0 bridgehead atoms. The van der Waals surface area contributed by atoms with Gasteiger partial charge in [0.15, 0.2) is 0 Å². The monoisotopic (exact) mass is 337 g/mol. The van der Waals surface area contributed by atoms with Gasteiger partial charge in [0.25, 0.3) is 0 Å². The topological polar surface area (TPSA) is 61.4 Å². The van der Waals surface area contributed by atoms with Gasteiger partial charge in [0, 0.05) is 36.8 Å². The Labute approximate surface area is 143 Å². The Balaban J connectivity index is 0.00000192. The molecule has 126 valence electrons. The number of hydrogen-bond donors (Lipinski definition) is 2. The van der Waals surface area contributed by atoms with Crippen LogP contribution in [0, 0.1) is 0 Å². The molecular weight excluding hydrogens is 314 g/mol. The molecule has 0 aliphatic carbocycles. The van der Waals surface area contributed by atoms with Crippen LogP contribution in [0.5, 0.6) is 0 Å². The minimum atomic E-state index is 0. The molecule has 2 saturated heterocycles. The lowest BCUT2D eigenvalue weighted by Crippen LogP contribution is -2.24. The molecule has 3 rings (SSSR count). The van der Waals surface area contributed by atoms with E-state index in [-0.39, 0.29) is 24.2 Å². The maximum Gasteiger partial charge on any atom is 0.227 e. The number of nitrogens with one attached hydrogen (secondary N) is 2. The first kappa shape index (κ1) is 17.8. The van der Waals surface area contributed by atoms with Gasteiger partial charge in [0.05, 0.1) is 0 Å². The quantitative estimate of drug-likeness (QED) is 0.868. The van der Waals surface area contributed by atoms with Crippen LogP contribution < -0.4 is 15.5 Å². The van der Waals surface area contributed by atoms with Crippen molar-refractivity contribution >= 4 is 35.6 Å². The van der Waals surface area contributed by atoms with Crippen LogP contribution in [0.2, 0.25) is 0 Å². The molecule has 6 heteroatoms. The number of nitrogens with zero attached hydrogens (tertiary/aromatic N) is 1. The van der Waals surface area contributed by atoms with Crippen molar-refractivity contribution in [2.24, 2.45) is 0 Å². The Morgan fingerprint density at radius 1 is 1.35 bits per heavy atom. The zero-order valence-corrected chi connectivity index (χ0v) is 14.0. The standard InChI is InChI=1S/C17H23N3O2.ClH/c21-16(9-8-13-5-2-10-18-13)19-14-4-1-6-15(12-14)20-11-3-7-17(20)22;/h1,4,6,12-13,18H,2-3,5,7-11H2,(H,19,21);1H. The van der Waals surface area contributed by atoms with Crippen LogP contribution in [-0.4, -0.2) is 30.9 Å². The van der Waals surface area contributed by atoms with Crippen molar-refractivity contribution in [1.29, 1.82) is 0 Å². The lowest BCUT2D eigenvalue weighted by atomic mass is 10.1. The van der Waals surface area contributed by atoms with Gasteiger partial charge in [-0.05, 0) is 50.4 Å². The first-order valence-electron chi connectivity index (χ1n) is 8.16. The molecule has 1 atom stereocenters. The Kier molecular flexibility index (Phi) is 6.42. The van der Waals surface area contributed by atoms with Gasteiger partial charge in [-0.25, -0.2) is 0 Å². The van der Waals surface area contributed by atoms with E-state index in [1.807, 2.05) is 24.3 Å². The van der Waals surface area contributed by atoms with Crippen molar-refractivity contribution in [2.45, 2.75) is 44.6 Å². The number of benzene rings is 1. The van der Waals surface area contributed by atoms with Crippen molar-refractivity contribution < 1.29 is 9.59 Å². The fourth-order valence-corrected chi connectivity index (χ4v) is 3.20. The minimum Gasteiger partial charge on any atom is -0.326 e. The molecule has 2 heterocycles. The van der Waals surface area contributed by atoms with Crippen LogP contribution in [0.25, 0.3) is 0 Å². The summed E-state index contributed by atoms with van der Waals surface area (Å²) in [5.41, 5.74) is 1.64. The molecular formula is C17H24ClN3O2. The molecule has 5 nitrogen and oxygen atoms in total.